The Morgan fingerprint density at radius 3 is 2.70 bits per heavy atom. The molecule has 0 unspecified atom stereocenters. The van der Waals surface area contributed by atoms with E-state index >= 15 is 0 Å². The van der Waals surface area contributed by atoms with Gasteiger partial charge in [0, 0.05) is 50.2 Å². The highest BCUT2D eigenvalue weighted by Gasteiger charge is 2.41. The quantitative estimate of drug-likeness (QED) is 0.592. The molecule has 1 aliphatic rings. The van der Waals surface area contributed by atoms with Crippen LogP contribution in [0.2, 0.25) is 0 Å². The molecule has 3 heterocycles. The molecule has 1 saturated heterocycles. The molecular formula is C21H24FN5O3. The number of likely N-dealkylation sites (tertiary alicyclic amines) is 1. The highest BCUT2D eigenvalue weighted by Crippen LogP contribution is 2.38. The van der Waals surface area contributed by atoms with Crippen LogP contribution in [-0.4, -0.2) is 57.3 Å². The number of hydrogen-bond donors (Lipinski definition) is 0. The van der Waals surface area contributed by atoms with Gasteiger partial charge in [-0.05, 0) is 43.5 Å². The SMILES string of the molecule is COCCC1(c2noc(-c3ccc(F)cc3)n2)CCN(C(=O)Cn2ccnc2)CC1. The molecule has 0 N–H and O–H groups in total. The lowest BCUT2D eigenvalue weighted by Crippen LogP contribution is -2.47. The van der Waals surface area contributed by atoms with Gasteiger partial charge in [-0.3, -0.25) is 4.79 Å². The van der Waals surface area contributed by atoms with E-state index in [1.165, 1.54) is 12.1 Å². The predicted octanol–water partition coefficient (Wildman–Crippen LogP) is 2.67. The van der Waals surface area contributed by atoms with Gasteiger partial charge in [-0.2, -0.15) is 4.98 Å². The summed E-state index contributed by atoms with van der Waals surface area (Å²) in [5, 5.41) is 4.24. The Kier molecular flexibility index (Phi) is 5.89. The summed E-state index contributed by atoms with van der Waals surface area (Å²) in [6.45, 7) is 2.06. The van der Waals surface area contributed by atoms with Crippen molar-refractivity contribution in [3.63, 3.8) is 0 Å². The van der Waals surface area contributed by atoms with E-state index in [0.29, 0.717) is 49.8 Å². The normalized spacial score (nSPS) is 16.0. The second-order valence-electron chi connectivity index (χ2n) is 7.57. The molecule has 1 fully saturated rings. The van der Waals surface area contributed by atoms with E-state index in [1.807, 2.05) is 4.90 Å². The highest BCUT2D eigenvalue weighted by molar-refractivity contribution is 5.76. The minimum atomic E-state index is -0.330. The largest absolute Gasteiger partial charge is 0.385 e. The molecule has 4 rings (SSSR count). The molecule has 0 bridgehead atoms. The number of piperidine rings is 1. The molecule has 9 heteroatoms. The van der Waals surface area contributed by atoms with Gasteiger partial charge in [-0.1, -0.05) is 5.16 Å². The third kappa shape index (κ3) is 4.25. The molecule has 1 aliphatic heterocycles. The third-order valence-electron chi connectivity index (χ3n) is 5.73. The number of nitrogens with zero attached hydrogens (tertiary/aromatic N) is 5. The monoisotopic (exact) mass is 413 g/mol. The van der Waals surface area contributed by atoms with E-state index in [4.69, 9.17) is 9.26 Å². The van der Waals surface area contributed by atoms with Crippen LogP contribution in [0.15, 0.2) is 47.5 Å². The molecule has 3 aromatic rings. The molecule has 158 valence electrons. The zero-order valence-electron chi connectivity index (χ0n) is 16.8. The minimum Gasteiger partial charge on any atom is -0.385 e. The second kappa shape index (κ2) is 8.74. The maximum absolute atomic E-state index is 13.2. The zero-order valence-corrected chi connectivity index (χ0v) is 16.8. The van der Waals surface area contributed by atoms with E-state index in [2.05, 4.69) is 15.1 Å². The predicted molar refractivity (Wildman–Crippen MR) is 106 cm³/mol. The lowest BCUT2D eigenvalue weighted by atomic mass is 9.75. The van der Waals surface area contributed by atoms with Crippen LogP contribution in [0.5, 0.6) is 0 Å². The van der Waals surface area contributed by atoms with Gasteiger partial charge in [-0.15, -0.1) is 0 Å². The van der Waals surface area contributed by atoms with Gasteiger partial charge < -0.3 is 18.7 Å². The van der Waals surface area contributed by atoms with Crippen LogP contribution < -0.4 is 0 Å². The van der Waals surface area contributed by atoms with E-state index < -0.39 is 0 Å². The first kappa shape index (κ1) is 20.2. The van der Waals surface area contributed by atoms with Crippen LogP contribution in [0.25, 0.3) is 11.5 Å². The van der Waals surface area contributed by atoms with Crippen LogP contribution in [0.3, 0.4) is 0 Å². The maximum Gasteiger partial charge on any atom is 0.257 e. The number of rotatable bonds is 7. The first-order chi connectivity index (χ1) is 14.6. The average Bonchev–Trinajstić information content (AvgIpc) is 3.46. The fourth-order valence-corrected chi connectivity index (χ4v) is 3.85. The Bertz CT molecular complexity index is 963. The summed E-state index contributed by atoms with van der Waals surface area (Å²) in [6.07, 6.45) is 7.24. The summed E-state index contributed by atoms with van der Waals surface area (Å²) >= 11 is 0. The number of hydrogen-bond acceptors (Lipinski definition) is 6. The number of imidazole rings is 1. The van der Waals surface area contributed by atoms with E-state index in [1.54, 1.807) is 42.5 Å². The topological polar surface area (TPSA) is 86.3 Å². The fourth-order valence-electron chi connectivity index (χ4n) is 3.85. The van der Waals surface area contributed by atoms with E-state index in [-0.39, 0.29) is 23.7 Å². The van der Waals surface area contributed by atoms with E-state index in [9.17, 15) is 9.18 Å². The number of halogens is 1. The molecule has 0 spiro atoms. The molecule has 0 atom stereocenters. The molecule has 0 radical (unpaired) electrons. The fraction of sp³-hybridized carbons (Fsp3) is 0.429. The minimum absolute atomic E-state index is 0.0634. The van der Waals surface area contributed by atoms with Crippen molar-refractivity contribution in [3.8, 4) is 11.5 Å². The van der Waals surface area contributed by atoms with Crippen LogP contribution in [0.1, 0.15) is 25.1 Å². The van der Waals surface area contributed by atoms with Crippen molar-refractivity contribution in [2.75, 3.05) is 26.8 Å². The molecule has 1 amide bonds. The lowest BCUT2D eigenvalue weighted by Gasteiger charge is -2.39. The number of carbonyl (C=O) groups is 1. The number of aromatic nitrogens is 4. The van der Waals surface area contributed by atoms with Gasteiger partial charge in [0.1, 0.15) is 12.4 Å². The van der Waals surface area contributed by atoms with Crippen LogP contribution >= 0.6 is 0 Å². The average molecular weight is 413 g/mol. The maximum atomic E-state index is 13.2. The number of methoxy groups -OCH3 is 1. The number of benzene rings is 1. The third-order valence-corrected chi connectivity index (χ3v) is 5.73. The highest BCUT2D eigenvalue weighted by atomic mass is 19.1. The van der Waals surface area contributed by atoms with Gasteiger partial charge in [-0.25, -0.2) is 9.37 Å². The molecular weight excluding hydrogens is 389 g/mol. The molecule has 1 aromatic carbocycles. The Balaban J connectivity index is 1.49. The first-order valence-corrected chi connectivity index (χ1v) is 9.92. The van der Waals surface area contributed by atoms with Gasteiger partial charge >= 0.3 is 0 Å². The van der Waals surface area contributed by atoms with Crippen molar-refractivity contribution in [3.05, 3.63) is 54.6 Å². The van der Waals surface area contributed by atoms with Crippen molar-refractivity contribution in [2.45, 2.75) is 31.2 Å². The number of carbonyl (C=O) groups excluding carboxylic acids is 1. The Hall–Kier alpha value is -3.07. The Labute approximate surface area is 173 Å². The van der Waals surface area contributed by atoms with Crippen LogP contribution in [0, 0.1) is 5.82 Å². The van der Waals surface area contributed by atoms with Gasteiger partial charge in [0.2, 0.25) is 5.91 Å². The molecule has 30 heavy (non-hydrogen) atoms. The lowest BCUT2D eigenvalue weighted by molar-refractivity contribution is -0.133. The second-order valence-corrected chi connectivity index (χ2v) is 7.57. The summed E-state index contributed by atoms with van der Waals surface area (Å²) in [6, 6.07) is 5.96. The van der Waals surface area contributed by atoms with Gasteiger partial charge in [0.05, 0.1) is 6.33 Å². The number of amides is 1. The Morgan fingerprint density at radius 2 is 2.03 bits per heavy atom. The van der Waals surface area contributed by atoms with Crippen molar-refractivity contribution >= 4 is 5.91 Å². The van der Waals surface area contributed by atoms with Crippen molar-refractivity contribution in [2.24, 2.45) is 0 Å². The summed E-state index contributed by atoms with van der Waals surface area (Å²) in [5.74, 6) is 0.720. The van der Waals surface area contributed by atoms with Crippen molar-refractivity contribution < 1.29 is 18.4 Å². The van der Waals surface area contributed by atoms with Gasteiger partial charge in [0.25, 0.3) is 5.89 Å². The summed E-state index contributed by atoms with van der Waals surface area (Å²) in [5.41, 5.74) is 0.341. The van der Waals surface area contributed by atoms with Crippen LogP contribution in [0.4, 0.5) is 4.39 Å². The smallest absolute Gasteiger partial charge is 0.257 e. The molecule has 2 aromatic heterocycles. The zero-order chi connectivity index (χ0) is 21.0. The van der Waals surface area contributed by atoms with E-state index in [0.717, 1.165) is 6.42 Å². The summed E-state index contributed by atoms with van der Waals surface area (Å²) < 4.78 is 25.8. The first-order valence-electron chi connectivity index (χ1n) is 9.92. The van der Waals surface area contributed by atoms with Crippen LogP contribution in [-0.2, 0) is 21.5 Å². The van der Waals surface area contributed by atoms with Gasteiger partial charge in [0.15, 0.2) is 5.82 Å². The van der Waals surface area contributed by atoms with Crippen molar-refractivity contribution in [1.29, 1.82) is 0 Å². The molecule has 0 saturated carbocycles. The van der Waals surface area contributed by atoms with Crippen molar-refractivity contribution in [1.82, 2.24) is 24.6 Å². The molecule has 8 nitrogen and oxygen atoms in total. The summed E-state index contributed by atoms with van der Waals surface area (Å²) in [4.78, 5) is 23.1. The summed E-state index contributed by atoms with van der Waals surface area (Å²) in [7, 11) is 1.66. The number of ether oxygens (including phenoxy) is 1. The Morgan fingerprint density at radius 1 is 1.27 bits per heavy atom. The molecule has 0 aliphatic carbocycles. The standard InChI is InChI=1S/C21H24FN5O3/c1-29-13-8-21(20-24-19(30-25-20)16-2-4-17(22)5-3-16)6-10-27(11-7-21)18(28)14-26-12-9-23-15-26/h2-5,9,12,15H,6-8,10-11,13-14H2,1H3.